The van der Waals surface area contributed by atoms with Gasteiger partial charge in [0.15, 0.2) is 0 Å². The predicted molar refractivity (Wildman–Crippen MR) is 118 cm³/mol. The van der Waals surface area contributed by atoms with Gasteiger partial charge >= 0.3 is 0 Å². The van der Waals surface area contributed by atoms with Gasteiger partial charge in [0.05, 0.1) is 10.7 Å². The number of anilines is 4. The quantitative estimate of drug-likeness (QED) is 0.578. The molecule has 3 aromatic rings. The number of aromatic nitrogens is 3. The number of benzene rings is 2. The normalized spacial score (nSPS) is 13.0. The molecule has 0 saturated carbocycles. The van der Waals surface area contributed by atoms with Crippen LogP contribution in [0.15, 0.2) is 47.2 Å². The van der Waals surface area contributed by atoms with Crippen LogP contribution in [0, 0.1) is 0 Å². The van der Waals surface area contributed by atoms with Gasteiger partial charge in [0.1, 0.15) is 6.33 Å². The summed E-state index contributed by atoms with van der Waals surface area (Å²) in [7, 11) is 0. The van der Waals surface area contributed by atoms with E-state index in [0.29, 0.717) is 28.3 Å². The van der Waals surface area contributed by atoms with Crippen LogP contribution in [-0.2, 0) is 17.8 Å². The SMILES string of the molecule is CC(=O)Nc1ccc(Cl)c(Nc2ncnc(N3CCc4cc(Br)ccc4C3)n2)c1. The lowest BCUT2D eigenvalue weighted by molar-refractivity contribution is -0.114. The summed E-state index contributed by atoms with van der Waals surface area (Å²) in [4.78, 5) is 26.5. The Morgan fingerprint density at radius 2 is 2.03 bits per heavy atom. The van der Waals surface area contributed by atoms with Crippen molar-refractivity contribution in [3.05, 3.63) is 63.3 Å². The van der Waals surface area contributed by atoms with Crippen LogP contribution < -0.4 is 15.5 Å². The van der Waals surface area contributed by atoms with Gasteiger partial charge in [0.25, 0.3) is 0 Å². The third-order valence-corrected chi connectivity index (χ3v) is 5.38. The van der Waals surface area contributed by atoms with E-state index in [1.165, 1.54) is 24.4 Å². The average molecular weight is 474 g/mol. The summed E-state index contributed by atoms with van der Waals surface area (Å²) in [6.07, 6.45) is 2.40. The number of nitrogens with one attached hydrogen (secondary N) is 2. The van der Waals surface area contributed by atoms with Crippen molar-refractivity contribution in [3.63, 3.8) is 0 Å². The van der Waals surface area contributed by atoms with Crippen molar-refractivity contribution in [2.75, 3.05) is 22.1 Å². The first-order chi connectivity index (χ1) is 14.0. The number of nitrogens with zero attached hydrogens (tertiary/aromatic N) is 4. The van der Waals surface area contributed by atoms with E-state index in [-0.39, 0.29) is 5.91 Å². The maximum Gasteiger partial charge on any atom is 0.232 e. The highest BCUT2D eigenvalue weighted by Crippen LogP contribution is 2.29. The Bertz CT molecular complexity index is 1080. The lowest BCUT2D eigenvalue weighted by Gasteiger charge is -2.29. The van der Waals surface area contributed by atoms with Crippen LogP contribution in [0.5, 0.6) is 0 Å². The van der Waals surface area contributed by atoms with Crippen molar-refractivity contribution < 1.29 is 4.79 Å². The molecule has 0 spiro atoms. The molecule has 0 radical (unpaired) electrons. The fourth-order valence-corrected chi connectivity index (χ4v) is 3.79. The smallest absolute Gasteiger partial charge is 0.232 e. The lowest BCUT2D eigenvalue weighted by atomic mass is 10.0. The summed E-state index contributed by atoms with van der Waals surface area (Å²) in [6.45, 7) is 3.02. The zero-order valence-electron chi connectivity index (χ0n) is 15.6. The van der Waals surface area contributed by atoms with E-state index in [9.17, 15) is 4.79 Å². The van der Waals surface area contributed by atoms with Gasteiger partial charge in [0.2, 0.25) is 17.8 Å². The van der Waals surface area contributed by atoms with E-state index < -0.39 is 0 Å². The highest BCUT2D eigenvalue weighted by Gasteiger charge is 2.19. The molecule has 2 N–H and O–H groups in total. The van der Waals surface area contributed by atoms with E-state index >= 15 is 0 Å². The van der Waals surface area contributed by atoms with Gasteiger partial charge in [-0.05, 0) is 47.9 Å². The monoisotopic (exact) mass is 472 g/mol. The Hall–Kier alpha value is -2.71. The van der Waals surface area contributed by atoms with Gasteiger partial charge in [-0.25, -0.2) is 9.97 Å². The van der Waals surface area contributed by atoms with Crippen molar-refractivity contribution in [3.8, 4) is 0 Å². The number of hydrogen-bond donors (Lipinski definition) is 2. The minimum absolute atomic E-state index is 0.155. The molecule has 0 bridgehead atoms. The molecule has 2 heterocycles. The van der Waals surface area contributed by atoms with Crippen LogP contribution in [-0.4, -0.2) is 27.4 Å². The zero-order valence-corrected chi connectivity index (χ0v) is 18.0. The van der Waals surface area contributed by atoms with E-state index in [1.54, 1.807) is 18.2 Å². The van der Waals surface area contributed by atoms with Crippen LogP contribution >= 0.6 is 27.5 Å². The molecule has 0 fully saturated rings. The molecular weight excluding hydrogens is 456 g/mol. The first-order valence-corrected chi connectivity index (χ1v) is 10.2. The Labute approximate surface area is 181 Å². The summed E-state index contributed by atoms with van der Waals surface area (Å²) < 4.78 is 1.09. The Balaban J connectivity index is 1.54. The van der Waals surface area contributed by atoms with E-state index in [0.717, 1.165) is 24.0 Å². The molecule has 0 aliphatic carbocycles. The molecule has 0 saturated heterocycles. The van der Waals surface area contributed by atoms with Gasteiger partial charge in [-0.3, -0.25) is 4.79 Å². The molecule has 9 heteroatoms. The van der Waals surface area contributed by atoms with Crippen LogP contribution in [0.2, 0.25) is 5.02 Å². The molecule has 1 aliphatic rings. The Kier molecular flexibility index (Phi) is 5.64. The summed E-state index contributed by atoms with van der Waals surface area (Å²) in [5, 5.41) is 6.34. The second-order valence-electron chi connectivity index (χ2n) is 6.69. The van der Waals surface area contributed by atoms with Crippen molar-refractivity contribution in [2.24, 2.45) is 0 Å². The molecular formula is C20H18BrClN6O. The summed E-state index contributed by atoms with van der Waals surface area (Å²) in [5.74, 6) is 0.835. The first kappa shape index (κ1) is 19.6. The fraction of sp³-hybridized carbons (Fsp3) is 0.200. The molecule has 29 heavy (non-hydrogen) atoms. The number of carbonyl (C=O) groups is 1. The van der Waals surface area contributed by atoms with Gasteiger partial charge in [0, 0.05) is 30.2 Å². The minimum atomic E-state index is -0.155. The maximum atomic E-state index is 11.3. The number of halogens is 2. The van der Waals surface area contributed by atoms with Gasteiger partial charge in [-0.1, -0.05) is 33.6 Å². The molecule has 4 rings (SSSR count). The molecule has 1 amide bonds. The minimum Gasteiger partial charge on any atom is -0.336 e. The Morgan fingerprint density at radius 1 is 1.17 bits per heavy atom. The van der Waals surface area contributed by atoms with Crippen molar-refractivity contribution in [1.82, 2.24) is 15.0 Å². The zero-order chi connectivity index (χ0) is 20.4. The third-order valence-electron chi connectivity index (χ3n) is 4.56. The maximum absolute atomic E-state index is 11.3. The van der Waals surface area contributed by atoms with Crippen LogP contribution in [0.3, 0.4) is 0 Å². The third kappa shape index (κ3) is 4.65. The number of rotatable bonds is 4. The largest absolute Gasteiger partial charge is 0.336 e. The summed E-state index contributed by atoms with van der Waals surface area (Å²) in [6, 6.07) is 11.5. The average Bonchev–Trinajstić information content (AvgIpc) is 2.70. The molecule has 2 aromatic carbocycles. The lowest BCUT2D eigenvalue weighted by Crippen LogP contribution is -2.32. The molecule has 0 atom stereocenters. The number of fused-ring (bicyclic) bond motifs is 1. The molecule has 1 aliphatic heterocycles. The highest BCUT2D eigenvalue weighted by atomic mass is 79.9. The Morgan fingerprint density at radius 3 is 2.86 bits per heavy atom. The molecule has 1 aromatic heterocycles. The topological polar surface area (TPSA) is 83.0 Å². The number of hydrogen-bond acceptors (Lipinski definition) is 6. The standard InChI is InChI=1S/C20H18BrClN6O/c1-12(29)25-16-4-5-17(22)18(9-16)26-19-23-11-24-20(27-19)28-7-6-13-8-15(21)3-2-14(13)10-28/h2-5,8-9,11H,6-7,10H2,1H3,(H,25,29)(H,23,24,26,27). The fourth-order valence-electron chi connectivity index (χ4n) is 3.22. The van der Waals surface area contributed by atoms with E-state index in [4.69, 9.17) is 11.6 Å². The highest BCUT2D eigenvalue weighted by molar-refractivity contribution is 9.10. The molecule has 0 unspecified atom stereocenters. The van der Waals surface area contributed by atoms with Crippen LogP contribution in [0.25, 0.3) is 0 Å². The van der Waals surface area contributed by atoms with Gasteiger partial charge in [-0.2, -0.15) is 4.98 Å². The predicted octanol–water partition coefficient (Wildman–Crippen LogP) is 4.55. The first-order valence-electron chi connectivity index (χ1n) is 9.03. The number of carbonyl (C=O) groups excluding carboxylic acids is 1. The van der Waals surface area contributed by atoms with Crippen molar-refractivity contribution >= 4 is 56.7 Å². The summed E-state index contributed by atoms with van der Waals surface area (Å²) >= 11 is 9.81. The van der Waals surface area contributed by atoms with E-state index in [2.05, 4.69) is 58.5 Å². The van der Waals surface area contributed by atoms with Crippen LogP contribution in [0.1, 0.15) is 18.1 Å². The summed E-state index contributed by atoms with van der Waals surface area (Å²) in [5.41, 5.74) is 3.84. The van der Waals surface area contributed by atoms with Crippen molar-refractivity contribution in [2.45, 2.75) is 19.9 Å². The van der Waals surface area contributed by atoms with Gasteiger partial charge < -0.3 is 15.5 Å². The molecule has 148 valence electrons. The second-order valence-corrected chi connectivity index (χ2v) is 8.02. The van der Waals surface area contributed by atoms with E-state index in [1.807, 2.05) is 6.07 Å². The van der Waals surface area contributed by atoms with Gasteiger partial charge in [-0.15, -0.1) is 0 Å². The second kappa shape index (κ2) is 8.34. The van der Waals surface area contributed by atoms with Crippen molar-refractivity contribution in [1.29, 1.82) is 0 Å². The van der Waals surface area contributed by atoms with Crippen LogP contribution in [0.4, 0.5) is 23.3 Å². The molecule has 7 nitrogen and oxygen atoms in total. The number of amides is 1.